The molecule has 0 bridgehead atoms. The fraction of sp³-hybridized carbons (Fsp3) is 0.235. The highest BCUT2D eigenvalue weighted by atomic mass is 16.5. The van der Waals surface area contributed by atoms with Gasteiger partial charge in [0.1, 0.15) is 17.9 Å². The summed E-state index contributed by atoms with van der Waals surface area (Å²) in [6.07, 6.45) is 3.16. The van der Waals surface area contributed by atoms with Crippen LogP contribution in [-0.4, -0.2) is 27.1 Å². The van der Waals surface area contributed by atoms with Crippen LogP contribution in [0.4, 0.5) is 0 Å². The maximum Gasteiger partial charge on any atom is 0.340 e. The van der Waals surface area contributed by atoms with E-state index in [1.165, 1.54) is 6.20 Å². The van der Waals surface area contributed by atoms with Gasteiger partial charge in [0.2, 0.25) is 0 Å². The van der Waals surface area contributed by atoms with E-state index in [4.69, 9.17) is 9.47 Å². The van der Waals surface area contributed by atoms with Gasteiger partial charge < -0.3 is 14.0 Å². The molecule has 1 aromatic carbocycles. The quantitative estimate of drug-likeness (QED) is 0.678. The van der Waals surface area contributed by atoms with E-state index in [0.29, 0.717) is 17.7 Å². The van der Waals surface area contributed by atoms with Crippen molar-refractivity contribution in [2.75, 3.05) is 6.61 Å². The Morgan fingerprint density at radius 1 is 1.26 bits per heavy atom. The molecule has 0 radical (unpaired) electrons. The van der Waals surface area contributed by atoms with Gasteiger partial charge >= 0.3 is 5.97 Å². The topological polar surface area (TPSA) is 66.2 Å². The number of rotatable bonds is 5. The van der Waals surface area contributed by atoms with Crippen LogP contribution < -0.4 is 4.74 Å². The molecule has 3 rings (SSSR count). The van der Waals surface area contributed by atoms with Crippen LogP contribution in [0.1, 0.15) is 22.8 Å². The lowest BCUT2D eigenvalue weighted by Gasteiger charge is -2.10. The number of imidazole rings is 1. The first-order valence-corrected chi connectivity index (χ1v) is 7.34. The van der Waals surface area contributed by atoms with Crippen molar-refractivity contribution in [2.45, 2.75) is 13.5 Å². The molecular weight excluding hydrogens is 294 g/mol. The first-order chi connectivity index (χ1) is 11.2. The summed E-state index contributed by atoms with van der Waals surface area (Å²) >= 11 is 0. The summed E-state index contributed by atoms with van der Waals surface area (Å²) in [6.45, 7) is 2.62. The van der Waals surface area contributed by atoms with Gasteiger partial charge in [-0.25, -0.2) is 14.8 Å². The number of hydrogen-bond acceptors (Lipinski definition) is 5. The Kier molecular flexibility index (Phi) is 4.23. The lowest BCUT2D eigenvalue weighted by molar-refractivity contribution is 0.0469. The van der Waals surface area contributed by atoms with Crippen molar-refractivity contribution in [1.29, 1.82) is 0 Å². The third kappa shape index (κ3) is 3.15. The molecule has 0 unspecified atom stereocenters. The van der Waals surface area contributed by atoms with Crippen molar-refractivity contribution in [3.63, 3.8) is 0 Å². The summed E-state index contributed by atoms with van der Waals surface area (Å²) in [4.78, 5) is 20.6. The van der Waals surface area contributed by atoms with E-state index in [0.717, 1.165) is 17.0 Å². The molecule has 0 spiro atoms. The number of para-hydroxylation sites is 1. The Morgan fingerprint density at radius 2 is 2.09 bits per heavy atom. The Hall–Kier alpha value is -2.89. The van der Waals surface area contributed by atoms with Crippen molar-refractivity contribution >= 4 is 17.1 Å². The molecule has 0 amide bonds. The highest BCUT2D eigenvalue weighted by Gasteiger charge is 2.12. The number of nitrogens with zero attached hydrogens (tertiary/aromatic N) is 3. The maximum absolute atomic E-state index is 12.2. The van der Waals surface area contributed by atoms with Gasteiger partial charge in [-0.1, -0.05) is 18.2 Å². The number of carbonyl (C=O) groups is 1. The summed E-state index contributed by atoms with van der Waals surface area (Å²) in [5.74, 6) is 0.289. The summed E-state index contributed by atoms with van der Waals surface area (Å²) in [5.41, 5.74) is 2.60. The van der Waals surface area contributed by atoms with E-state index in [1.807, 2.05) is 38.2 Å². The normalized spacial score (nSPS) is 10.7. The third-order valence-electron chi connectivity index (χ3n) is 3.42. The van der Waals surface area contributed by atoms with E-state index in [1.54, 1.807) is 17.0 Å². The monoisotopic (exact) mass is 311 g/mol. The predicted octanol–water partition coefficient (Wildman–Crippen LogP) is 2.72. The number of ether oxygens (including phenoxy) is 2. The zero-order chi connectivity index (χ0) is 16.2. The van der Waals surface area contributed by atoms with Crippen LogP contribution in [0, 0.1) is 0 Å². The molecule has 0 aliphatic carbocycles. The summed E-state index contributed by atoms with van der Waals surface area (Å²) in [5, 5.41) is 0. The molecule has 0 saturated heterocycles. The molecule has 2 aromatic heterocycles. The lowest BCUT2D eigenvalue weighted by Crippen LogP contribution is -2.07. The van der Waals surface area contributed by atoms with E-state index in [9.17, 15) is 4.79 Å². The molecule has 2 heterocycles. The number of aryl methyl sites for hydroxylation is 1. The minimum Gasteiger partial charge on any atom is -0.493 e. The van der Waals surface area contributed by atoms with Crippen LogP contribution in [-0.2, 0) is 18.4 Å². The number of fused-ring (bicyclic) bond motifs is 1. The SMILES string of the molecule is CCOc1ccccc1COC(=O)c1cnc2c(c1)ncn2C. The van der Waals surface area contributed by atoms with Gasteiger partial charge in [0.05, 0.1) is 18.5 Å². The largest absolute Gasteiger partial charge is 0.493 e. The number of benzene rings is 1. The molecule has 0 saturated carbocycles. The number of carbonyl (C=O) groups excluding carboxylic acids is 1. The zero-order valence-corrected chi connectivity index (χ0v) is 13.0. The number of aromatic nitrogens is 3. The molecular formula is C17H17N3O3. The van der Waals surface area contributed by atoms with E-state index in [2.05, 4.69) is 9.97 Å². The predicted molar refractivity (Wildman–Crippen MR) is 85.2 cm³/mol. The molecule has 6 nitrogen and oxygen atoms in total. The molecule has 3 aromatic rings. The standard InChI is InChI=1S/C17H17N3O3/c1-3-22-15-7-5-4-6-12(15)10-23-17(21)13-8-14-16(18-9-13)20(2)11-19-14/h4-9,11H,3,10H2,1-2H3. The number of hydrogen-bond donors (Lipinski definition) is 0. The lowest BCUT2D eigenvalue weighted by atomic mass is 10.2. The first kappa shape index (κ1) is 15.0. The fourth-order valence-corrected chi connectivity index (χ4v) is 2.27. The molecule has 23 heavy (non-hydrogen) atoms. The summed E-state index contributed by atoms with van der Waals surface area (Å²) in [6, 6.07) is 9.17. The Labute approximate surface area is 133 Å². The number of pyridine rings is 1. The zero-order valence-electron chi connectivity index (χ0n) is 13.0. The molecule has 0 aliphatic rings. The Morgan fingerprint density at radius 3 is 2.91 bits per heavy atom. The van der Waals surface area contributed by atoms with Crippen LogP contribution in [0.3, 0.4) is 0 Å². The highest BCUT2D eigenvalue weighted by molar-refractivity contribution is 5.92. The Bertz CT molecular complexity index is 842. The van der Waals surface area contributed by atoms with Crippen molar-refractivity contribution in [3.05, 3.63) is 54.0 Å². The highest BCUT2D eigenvalue weighted by Crippen LogP contribution is 2.19. The average molecular weight is 311 g/mol. The van der Waals surface area contributed by atoms with Gasteiger partial charge in [0.15, 0.2) is 5.65 Å². The molecule has 0 aliphatic heterocycles. The summed E-state index contributed by atoms with van der Waals surface area (Å²) < 4.78 is 12.7. The third-order valence-corrected chi connectivity index (χ3v) is 3.42. The van der Waals surface area contributed by atoms with Gasteiger partial charge in [0.25, 0.3) is 0 Å². The van der Waals surface area contributed by atoms with Gasteiger partial charge in [-0.2, -0.15) is 0 Å². The van der Waals surface area contributed by atoms with Gasteiger partial charge in [-0.05, 0) is 19.1 Å². The second-order valence-corrected chi connectivity index (χ2v) is 5.04. The molecule has 0 fully saturated rings. The smallest absolute Gasteiger partial charge is 0.340 e. The minimum absolute atomic E-state index is 0.148. The van der Waals surface area contributed by atoms with Crippen LogP contribution in [0.15, 0.2) is 42.9 Å². The van der Waals surface area contributed by atoms with Crippen LogP contribution in [0.25, 0.3) is 11.2 Å². The van der Waals surface area contributed by atoms with E-state index < -0.39 is 5.97 Å². The van der Waals surface area contributed by atoms with E-state index >= 15 is 0 Å². The van der Waals surface area contributed by atoms with Crippen molar-refractivity contribution in [3.8, 4) is 5.75 Å². The molecule has 0 atom stereocenters. The average Bonchev–Trinajstić information content (AvgIpc) is 2.95. The van der Waals surface area contributed by atoms with Gasteiger partial charge in [-0.3, -0.25) is 0 Å². The van der Waals surface area contributed by atoms with Crippen molar-refractivity contribution < 1.29 is 14.3 Å². The van der Waals surface area contributed by atoms with Crippen LogP contribution >= 0.6 is 0 Å². The van der Waals surface area contributed by atoms with Crippen LogP contribution in [0.5, 0.6) is 5.75 Å². The van der Waals surface area contributed by atoms with Crippen molar-refractivity contribution in [1.82, 2.24) is 14.5 Å². The van der Waals surface area contributed by atoms with E-state index in [-0.39, 0.29) is 6.61 Å². The minimum atomic E-state index is -0.434. The molecule has 0 N–H and O–H groups in total. The second kappa shape index (κ2) is 6.48. The summed E-state index contributed by atoms with van der Waals surface area (Å²) in [7, 11) is 1.85. The second-order valence-electron chi connectivity index (χ2n) is 5.04. The first-order valence-electron chi connectivity index (χ1n) is 7.34. The Balaban J connectivity index is 1.73. The van der Waals surface area contributed by atoms with Gasteiger partial charge in [0, 0.05) is 18.8 Å². The number of esters is 1. The van der Waals surface area contributed by atoms with Crippen LogP contribution in [0.2, 0.25) is 0 Å². The van der Waals surface area contributed by atoms with Crippen molar-refractivity contribution in [2.24, 2.45) is 7.05 Å². The molecule has 6 heteroatoms. The fourth-order valence-electron chi connectivity index (χ4n) is 2.27. The molecule has 118 valence electrons. The van der Waals surface area contributed by atoms with Gasteiger partial charge in [-0.15, -0.1) is 0 Å². The maximum atomic E-state index is 12.2.